The lowest BCUT2D eigenvalue weighted by Crippen LogP contribution is -2.43. The van der Waals surface area contributed by atoms with Crippen molar-refractivity contribution in [2.24, 2.45) is 0 Å². The summed E-state index contributed by atoms with van der Waals surface area (Å²) in [6.45, 7) is 1.41. The Bertz CT molecular complexity index is 190. The molecule has 5 nitrogen and oxygen atoms in total. The molecule has 0 aromatic heterocycles. The fraction of sp³-hybridized carbons (Fsp3) is 1.00. The smallest absolute Gasteiger partial charge is 0.377 e. The average molecular weight is 268 g/mol. The lowest BCUT2D eigenvalue weighted by atomic mass is 10.5. The van der Waals surface area contributed by atoms with Crippen LogP contribution in [0.5, 0.6) is 0 Å². The molecule has 0 N–H and O–H groups in total. The zero-order valence-corrected chi connectivity index (χ0v) is 11.9. The van der Waals surface area contributed by atoms with Crippen LogP contribution >= 0.6 is 12.6 Å². The summed E-state index contributed by atoms with van der Waals surface area (Å²) in [5.41, 5.74) is -0.128. The van der Waals surface area contributed by atoms with Crippen molar-refractivity contribution in [2.75, 3.05) is 34.5 Å². The third-order valence-corrected chi connectivity index (χ3v) is 5.68. The van der Waals surface area contributed by atoms with Gasteiger partial charge in [0.25, 0.3) is 0 Å². The first-order valence-corrected chi connectivity index (χ1v) is 7.67. The second-order valence-corrected chi connectivity index (χ2v) is 7.24. The molecule has 7 heteroatoms. The molecule has 0 spiro atoms. The van der Waals surface area contributed by atoms with Crippen LogP contribution in [0.1, 0.15) is 6.42 Å². The maximum atomic E-state index is 5.49. The molecule has 2 atom stereocenters. The Hall–Kier alpha value is 0.367. The van der Waals surface area contributed by atoms with E-state index in [9.17, 15) is 0 Å². The molecule has 1 aliphatic rings. The molecule has 1 saturated heterocycles. The van der Waals surface area contributed by atoms with E-state index < -0.39 is 8.80 Å². The molecule has 0 saturated carbocycles. The molecular formula is C9H20O5SSi. The summed E-state index contributed by atoms with van der Waals surface area (Å²) in [5.74, 6) is 0. The van der Waals surface area contributed by atoms with Gasteiger partial charge in [0.2, 0.25) is 0 Å². The van der Waals surface area contributed by atoms with E-state index in [0.717, 1.165) is 13.0 Å². The molecule has 16 heavy (non-hydrogen) atoms. The van der Waals surface area contributed by atoms with E-state index in [4.69, 9.17) is 22.8 Å². The highest BCUT2D eigenvalue weighted by Crippen LogP contribution is 2.20. The van der Waals surface area contributed by atoms with Gasteiger partial charge in [-0.05, 0) is 6.42 Å². The highest BCUT2D eigenvalue weighted by atomic mass is 32.1. The van der Waals surface area contributed by atoms with Crippen LogP contribution in [0.15, 0.2) is 0 Å². The fourth-order valence-corrected chi connectivity index (χ4v) is 3.51. The van der Waals surface area contributed by atoms with Crippen molar-refractivity contribution < 1.29 is 22.8 Å². The Morgan fingerprint density at radius 2 is 1.88 bits per heavy atom. The molecule has 1 rings (SSSR count). The predicted octanol–water partition coefficient (Wildman–Crippen LogP) is 0.926. The number of thiol groups is 1. The first-order chi connectivity index (χ1) is 7.65. The van der Waals surface area contributed by atoms with Crippen molar-refractivity contribution in [3.05, 3.63) is 0 Å². The Morgan fingerprint density at radius 3 is 2.31 bits per heavy atom. The van der Waals surface area contributed by atoms with E-state index in [-0.39, 0.29) is 11.5 Å². The third-order valence-electron chi connectivity index (χ3n) is 2.51. The number of epoxide rings is 1. The maximum absolute atomic E-state index is 5.49. The van der Waals surface area contributed by atoms with Crippen LogP contribution in [0.25, 0.3) is 0 Å². The molecule has 0 amide bonds. The van der Waals surface area contributed by atoms with Crippen molar-refractivity contribution in [3.63, 3.8) is 0 Å². The van der Waals surface area contributed by atoms with Crippen LogP contribution < -0.4 is 0 Å². The predicted molar refractivity (Wildman–Crippen MR) is 64.7 cm³/mol. The van der Waals surface area contributed by atoms with Gasteiger partial charge in [0, 0.05) is 27.4 Å². The minimum atomic E-state index is -2.48. The second-order valence-electron chi connectivity index (χ2n) is 3.58. The summed E-state index contributed by atoms with van der Waals surface area (Å²) < 4.78 is 26.4. The van der Waals surface area contributed by atoms with Crippen molar-refractivity contribution in [2.45, 2.75) is 24.0 Å². The van der Waals surface area contributed by atoms with Gasteiger partial charge in [0.1, 0.15) is 11.5 Å². The van der Waals surface area contributed by atoms with E-state index in [1.807, 2.05) is 0 Å². The summed E-state index contributed by atoms with van der Waals surface area (Å²) in [6, 6.07) is 0.691. The summed E-state index contributed by atoms with van der Waals surface area (Å²) in [7, 11) is 2.33. The molecule has 0 radical (unpaired) electrons. The van der Waals surface area contributed by atoms with E-state index in [1.54, 1.807) is 21.3 Å². The van der Waals surface area contributed by atoms with Gasteiger partial charge in [-0.2, -0.15) is 0 Å². The standard InChI is InChI=1S/C9H20O5SSi/c1-10-16(11-2,12-3)5-4-9(15)14-7-8-6-13-8/h8-9,15H,4-7H2,1-3H3. The number of hydrogen-bond donors (Lipinski definition) is 1. The summed E-state index contributed by atoms with van der Waals surface area (Å²) in [4.78, 5) is 0. The molecule has 0 aliphatic carbocycles. The fourth-order valence-electron chi connectivity index (χ4n) is 1.32. The first-order valence-electron chi connectivity index (χ1n) is 5.22. The average Bonchev–Trinajstić information content (AvgIpc) is 3.13. The zero-order chi connectivity index (χ0) is 12.0. The lowest BCUT2D eigenvalue weighted by molar-refractivity contribution is 0.0849. The van der Waals surface area contributed by atoms with Crippen molar-refractivity contribution in [3.8, 4) is 0 Å². The number of rotatable bonds is 9. The van der Waals surface area contributed by atoms with Gasteiger partial charge in [0.05, 0.1) is 13.2 Å². The van der Waals surface area contributed by atoms with Gasteiger partial charge in [-0.25, -0.2) is 0 Å². The largest absolute Gasteiger partial charge is 0.500 e. The van der Waals surface area contributed by atoms with Crippen LogP contribution in [0.3, 0.4) is 0 Å². The van der Waals surface area contributed by atoms with Gasteiger partial charge in [-0.3, -0.25) is 0 Å². The molecule has 1 aliphatic heterocycles. The maximum Gasteiger partial charge on any atom is 0.500 e. The molecule has 0 aromatic rings. The molecule has 2 unspecified atom stereocenters. The minimum absolute atomic E-state index is 0.128. The van der Waals surface area contributed by atoms with Gasteiger partial charge in [0.15, 0.2) is 0 Å². The number of hydrogen-bond acceptors (Lipinski definition) is 6. The molecular weight excluding hydrogens is 248 g/mol. The van der Waals surface area contributed by atoms with Gasteiger partial charge < -0.3 is 22.8 Å². The Kier molecular flexibility index (Phi) is 6.26. The van der Waals surface area contributed by atoms with E-state index in [0.29, 0.717) is 12.7 Å². The SMILES string of the molecule is CO[Si](CCC(S)OCC1CO1)(OC)OC. The summed E-state index contributed by atoms with van der Waals surface area (Å²) in [6.07, 6.45) is 1.00. The highest BCUT2D eigenvalue weighted by molar-refractivity contribution is 7.80. The van der Waals surface area contributed by atoms with Crippen LogP contribution in [-0.2, 0) is 22.8 Å². The molecule has 0 aromatic carbocycles. The van der Waals surface area contributed by atoms with Gasteiger partial charge in [-0.15, -0.1) is 12.6 Å². The van der Waals surface area contributed by atoms with E-state index >= 15 is 0 Å². The highest BCUT2D eigenvalue weighted by Gasteiger charge is 2.38. The zero-order valence-electron chi connectivity index (χ0n) is 9.97. The second kappa shape index (κ2) is 6.95. The topological polar surface area (TPSA) is 49.5 Å². The molecule has 0 bridgehead atoms. The van der Waals surface area contributed by atoms with Crippen molar-refractivity contribution >= 4 is 21.4 Å². The van der Waals surface area contributed by atoms with Crippen LogP contribution in [0, 0.1) is 0 Å². The third kappa shape index (κ3) is 4.70. The van der Waals surface area contributed by atoms with Crippen LogP contribution in [0.2, 0.25) is 6.04 Å². The Labute approximate surface area is 103 Å². The lowest BCUT2D eigenvalue weighted by Gasteiger charge is -2.25. The monoisotopic (exact) mass is 268 g/mol. The van der Waals surface area contributed by atoms with E-state index in [1.165, 1.54) is 0 Å². The molecule has 1 fully saturated rings. The first kappa shape index (κ1) is 14.4. The van der Waals surface area contributed by atoms with Gasteiger partial charge in [-0.1, -0.05) is 0 Å². The summed E-state index contributed by atoms with van der Waals surface area (Å²) in [5, 5.41) is 0. The van der Waals surface area contributed by atoms with Crippen LogP contribution in [0.4, 0.5) is 0 Å². The van der Waals surface area contributed by atoms with Crippen molar-refractivity contribution in [1.82, 2.24) is 0 Å². The van der Waals surface area contributed by atoms with E-state index in [2.05, 4.69) is 12.6 Å². The summed E-state index contributed by atoms with van der Waals surface area (Å²) >= 11 is 4.34. The Balaban J connectivity index is 2.18. The van der Waals surface area contributed by atoms with Gasteiger partial charge >= 0.3 is 8.80 Å². The Morgan fingerprint density at radius 1 is 1.31 bits per heavy atom. The quantitative estimate of drug-likeness (QED) is 0.292. The van der Waals surface area contributed by atoms with Crippen molar-refractivity contribution in [1.29, 1.82) is 0 Å². The molecule has 1 heterocycles. The normalized spacial score (nSPS) is 22.1. The molecule has 96 valence electrons. The number of ether oxygens (including phenoxy) is 2. The van der Waals surface area contributed by atoms with Crippen LogP contribution in [-0.4, -0.2) is 54.9 Å². The minimum Gasteiger partial charge on any atom is -0.377 e.